The van der Waals surface area contributed by atoms with Gasteiger partial charge in [0.15, 0.2) is 5.78 Å². The number of carbonyl (C=O) groups is 1. The molecule has 0 aliphatic heterocycles. The number of benzene rings is 2. The molecule has 3 rings (SSSR count). The normalized spacial score (nSPS) is 11.0. The number of methoxy groups -OCH3 is 1. The largest absolute Gasteiger partial charge is 0.496 e. The Labute approximate surface area is 182 Å². The van der Waals surface area contributed by atoms with E-state index in [0.717, 1.165) is 38.7 Å². The molecule has 0 aliphatic carbocycles. The van der Waals surface area contributed by atoms with Crippen LogP contribution in [0.2, 0.25) is 0 Å². The zero-order valence-electron chi connectivity index (χ0n) is 18.2. The van der Waals surface area contributed by atoms with Crippen LogP contribution in [0.4, 0.5) is 5.00 Å². The number of ether oxygens (including phenoxy) is 2. The van der Waals surface area contributed by atoms with Gasteiger partial charge in [0.05, 0.1) is 12.7 Å². The van der Waals surface area contributed by atoms with Crippen LogP contribution in [-0.2, 0) is 6.54 Å². The van der Waals surface area contributed by atoms with E-state index >= 15 is 0 Å². The van der Waals surface area contributed by atoms with Gasteiger partial charge in [-0.2, -0.15) is 0 Å². The van der Waals surface area contributed by atoms with Gasteiger partial charge in [-0.3, -0.25) is 4.79 Å². The van der Waals surface area contributed by atoms with Crippen LogP contribution in [0.5, 0.6) is 11.5 Å². The highest BCUT2D eigenvalue weighted by Crippen LogP contribution is 2.40. The highest BCUT2D eigenvalue weighted by Gasteiger charge is 2.23. The van der Waals surface area contributed by atoms with E-state index in [9.17, 15) is 4.79 Å². The Morgan fingerprint density at radius 1 is 1.13 bits per heavy atom. The monoisotopic (exact) mass is 424 g/mol. The summed E-state index contributed by atoms with van der Waals surface area (Å²) in [5.74, 6) is 1.47. The van der Waals surface area contributed by atoms with E-state index in [2.05, 4.69) is 11.5 Å². The Hall–Kier alpha value is -2.83. The number of anilines is 1. The lowest BCUT2D eigenvalue weighted by Crippen LogP contribution is -2.13. The fourth-order valence-electron chi connectivity index (χ4n) is 3.34. The highest BCUT2D eigenvalue weighted by molar-refractivity contribution is 7.23. The van der Waals surface area contributed by atoms with Crippen molar-refractivity contribution < 1.29 is 14.3 Å². The number of thiophene rings is 1. The predicted octanol–water partition coefficient (Wildman–Crippen LogP) is 4.83. The molecule has 0 fully saturated rings. The van der Waals surface area contributed by atoms with Gasteiger partial charge < -0.3 is 19.3 Å². The van der Waals surface area contributed by atoms with Gasteiger partial charge in [0.25, 0.3) is 0 Å². The van der Waals surface area contributed by atoms with Crippen molar-refractivity contribution in [3.05, 3.63) is 65.7 Å². The zero-order chi connectivity index (χ0) is 21.8. The Bertz CT molecular complexity index is 1070. The van der Waals surface area contributed by atoms with Crippen molar-refractivity contribution in [2.45, 2.75) is 6.54 Å². The number of carbonyl (C=O) groups excluding carboxylic acids is 1. The number of ketones is 1. The molecule has 0 amide bonds. The quantitative estimate of drug-likeness (QED) is 0.363. The van der Waals surface area contributed by atoms with E-state index in [1.54, 1.807) is 24.5 Å². The van der Waals surface area contributed by atoms with Gasteiger partial charge in [0, 0.05) is 41.9 Å². The van der Waals surface area contributed by atoms with E-state index in [1.807, 2.05) is 69.5 Å². The molecule has 0 aliphatic rings. The van der Waals surface area contributed by atoms with Crippen molar-refractivity contribution in [3.8, 4) is 11.5 Å². The van der Waals surface area contributed by atoms with E-state index in [0.29, 0.717) is 17.7 Å². The molecule has 0 saturated carbocycles. The van der Waals surface area contributed by atoms with Gasteiger partial charge >= 0.3 is 0 Å². The first-order valence-electron chi connectivity index (χ1n) is 9.69. The Balaban J connectivity index is 2.07. The molecule has 0 unspecified atom stereocenters. The molecule has 5 nitrogen and oxygen atoms in total. The summed E-state index contributed by atoms with van der Waals surface area (Å²) in [5, 5.41) is 1.85. The van der Waals surface area contributed by atoms with E-state index in [-0.39, 0.29) is 5.78 Å². The summed E-state index contributed by atoms with van der Waals surface area (Å²) in [6.45, 7) is 4.88. The summed E-state index contributed by atoms with van der Waals surface area (Å²) in [6, 6.07) is 11.5. The van der Waals surface area contributed by atoms with Crippen molar-refractivity contribution in [1.82, 2.24) is 4.90 Å². The molecule has 0 N–H and O–H groups in total. The van der Waals surface area contributed by atoms with E-state index < -0.39 is 0 Å². The van der Waals surface area contributed by atoms with Crippen molar-refractivity contribution in [3.63, 3.8) is 0 Å². The van der Waals surface area contributed by atoms with Crippen molar-refractivity contribution in [1.29, 1.82) is 0 Å². The van der Waals surface area contributed by atoms with Crippen LogP contribution < -0.4 is 14.4 Å². The third kappa shape index (κ3) is 4.50. The van der Waals surface area contributed by atoms with Gasteiger partial charge in [0.2, 0.25) is 0 Å². The van der Waals surface area contributed by atoms with Crippen LogP contribution in [0.25, 0.3) is 10.1 Å². The summed E-state index contributed by atoms with van der Waals surface area (Å²) >= 11 is 1.59. The summed E-state index contributed by atoms with van der Waals surface area (Å²) in [6.07, 6.45) is 1.71. The molecule has 158 valence electrons. The molecule has 0 atom stereocenters. The van der Waals surface area contributed by atoms with Gasteiger partial charge in [-0.15, -0.1) is 11.3 Å². The van der Waals surface area contributed by atoms with Gasteiger partial charge in [0.1, 0.15) is 23.1 Å². The summed E-state index contributed by atoms with van der Waals surface area (Å²) in [5.41, 5.74) is 2.37. The van der Waals surface area contributed by atoms with Crippen LogP contribution in [-0.4, -0.2) is 52.6 Å². The summed E-state index contributed by atoms with van der Waals surface area (Å²) < 4.78 is 12.2. The summed E-state index contributed by atoms with van der Waals surface area (Å²) in [4.78, 5) is 17.6. The van der Waals surface area contributed by atoms with E-state index in [1.165, 1.54) is 0 Å². The van der Waals surface area contributed by atoms with Crippen LogP contribution >= 0.6 is 11.3 Å². The highest BCUT2D eigenvalue weighted by atomic mass is 32.1. The second-order valence-corrected chi connectivity index (χ2v) is 8.56. The number of hydrogen-bond acceptors (Lipinski definition) is 6. The minimum Gasteiger partial charge on any atom is -0.496 e. The molecule has 0 bridgehead atoms. The van der Waals surface area contributed by atoms with Crippen molar-refractivity contribution in [2.24, 2.45) is 0 Å². The van der Waals surface area contributed by atoms with E-state index in [4.69, 9.17) is 9.47 Å². The van der Waals surface area contributed by atoms with Gasteiger partial charge in [-0.1, -0.05) is 24.8 Å². The van der Waals surface area contributed by atoms with Crippen molar-refractivity contribution in [2.75, 3.05) is 46.8 Å². The third-order valence-corrected chi connectivity index (χ3v) is 6.00. The molecule has 30 heavy (non-hydrogen) atoms. The molecule has 6 heteroatoms. The number of nitrogens with zero attached hydrogens (tertiary/aromatic N) is 2. The summed E-state index contributed by atoms with van der Waals surface area (Å²) in [7, 11) is 9.56. The lowest BCUT2D eigenvalue weighted by molar-refractivity contribution is 0.104. The standard InChI is InChI=1S/C24H28N2O3S/c1-7-12-29-18-10-11-19-21(14-18)30-24(26(4)5)22(19)23(27)16-8-9-17(15-25(2)3)20(13-16)28-6/h7-11,13-14H,1,12,15H2,2-6H3. The van der Waals surface area contributed by atoms with Crippen LogP contribution in [0.15, 0.2) is 49.1 Å². The predicted molar refractivity (Wildman–Crippen MR) is 126 cm³/mol. The maximum atomic E-state index is 13.6. The maximum absolute atomic E-state index is 13.6. The number of rotatable bonds is 9. The van der Waals surface area contributed by atoms with Gasteiger partial charge in [-0.25, -0.2) is 0 Å². The first-order valence-corrected chi connectivity index (χ1v) is 10.5. The Morgan fingerprint density at radius 3 is 2.53 bits per heavy atom. The molecular formula is C24H28N2O3S. The molecule has 0 saturated heterocycles. The molecule has 1 aromatic heterocycles. The fourth-order valence-corrected chi connectivity index (χ4v) is 4.50. The zero-order valence-corrected chi connectivity index (χ0v) is 19.0. The first kappa shape index (κ1) is 21.9. The topological polar surface area (TPSA) is 42.0 Å². The van der Waals surface area contributed by atoms with Crippen LogP contribution in [0.1, 0.15) is 21.5 Å². The number of fused-ring (bicyclic) bond motifs is 1. The lowest BCUT2D eigenvalue weighted by Gasteiger charge is -2.15. The maximum Gasteiger partial charge on any atom is 0.196 e. The number of hydrogen-bond donors (Lipinski definition) is 0. The first-order chi connectivity index (χ1) is 14.3. The third-order valence-electron chi connectivity index (χ3n) is 4.68. The second kappa shape index (κ2) is 9.32. The molecule has 2 aromatic carbocycles. The van der Waals surface area contributed by atoms with Crippen LogP contribution in [0, 0.1) is 0 Å². The Kier molecular flexibility index (Phi) is 6.80. The Morgan fingerprint density at radius 2 is 1.90 bits per heavy atom. The minimum absolute atomic E-state index is 0.0144. The average Bonchev–Trinajstić information content (AvgIpc) is 3.10. The molecule has 0 spiro atoms. The molecule has 0 radical (unpaired) electrons. The molecule has 1 heterocycles. The lowest BCUT2D eigenvalue weighted by atomic mass is 9.99. The molecule has 3 aromatic rings. The SMILES string of the molecule is C=CCOc1ccc2c(C(=O)c3ccc(CN(C)C)c(OC)c3)c(N(C)C)sc2c1. The fraction of sp³-hybridized carbons (Fsp3) is 0.292. The smallest absolute Gasteiger partial charge is 0.196 e. The van der Waals surface area contributed by atoms with Crippen molar-refractivity contribution >= 4 is 32.2 Å². The van der Waals surface area contributed by atoms with Gasteiger partial charge in [-0.05, 0) is 38.4 Å². The minimum atomic E-state index is -0.0144. The van der Waals surface area contributed by atoms with Crippen LogP contribution in [0.3, 0.4) is 0 Å². The average molecular weight is 425 g/mol. The molecular weight excluding hydrogens is 396 g/mol. The second-order valence-electron chi connectivity index (χ2n) is 7.53.